The molecule has 0 aromatic carbocycles. The quantitative estimate of drug-likeness (QED) is 0.605. The molecule has 0 heterocycles. The summed E-state index contributed by atoms with van der Waals surface area (Å²) in [5.41, 5.74) is 4.78. The monoisotopic (exact) mass is 218 g/mol. The fourth-order valence-corrected chi connectivity index (χ4v) is 1.99. The van der Waals surface area contributed by atoms with Crippen molar-refractivity contribution < 1.29 is 4.79 Å². The molecule has 0 aliphatic heterocycles. The highest BCUT2D eigenvalue weighted by atomic mass is 32.2. The Labute approximate surface area is 91.2 Å². The second kappa shape index (κ2) is 7.12. The fourth-order valence-electron chi connectivity index (χ4n) is 1.15. The summed E-state index contributed by atoms with van der Waals surface area (Å²) < 4.78 is 0. The van der Waals surface area contributed by atoms with Crippen molar-refractivity contribution in [3.05, 3.63) is 0 Å². The maximum Gasteiger partial charge on any atom is 0.237 e. The number of thioether (sulfide) groups is 1. The highest BCUT2D eigenvalue weighted by molar-refractivity contribution is 7.99. The third kappa shape index (κ3) is 4.86. The van der Waals surface area contributed by atoms with Crippen LogP contribution in [0.4, 0.5) is 0 Å². The Morgan fingerprint density at radius 3 is 2.57 bits per heavy atom. The summed E-state index contributed by atoms with van der Waals surface area (Å²) in [5.74, 6) is 2.05. The van der Waals surface area contributed by atoms with E-state index in [1.54, 1.807) is 7.05 Å². The van der Waals surface area contributed by atoms with Crippen LogP contribution in [0.15, 0.2) is 0 Å². The fraction of sp³-hybridized carbons (Fsp3) is 0.900. The number of primary amides is 1. The second-order valence-corrected chi connectivity index (χ2v) is 4.89. The minimum absolute atomic E-state index is 0.263. The first-order chi connectivity index (χ1) is 6.56. The number of carbonyl (C=O) groups excluding carboxylic acids is 1. The number of nitrogens with two attached hydrogens (primary N) is 1. The van der Waals surface area contributed by atoms with Crippen molar-refractivity contribution in [2.24, 2.45) is 5.73 Å². The smallest absolute Gasteiger partial charge is 0.237 e. The second-order valence-electron chi connectivity index (χ2n) is 3.66. The molecule has 3 N–H and O–H groups in total. The zero-order valence-corrected chi connectivity index (χ0v) is 10.2. The van der Waals surface area contributed by atoms with Gasteiger partial charge in [-0.25, -0.2) is 0 Å². The lowest BCUT2D eigenvalue weighted by atomic mass is 9.96. The normalized spacial score (nSPS) is 15.1. The molecule has 0 aliphatic rings. The largest absolute Gasteiger partial charge is 0.368 e. The van der Waals surface area contributed by atoms with Crippen LogP contribution in [0.3, 0.4) is 0 Å². The predicted octanol–water partition coefficient (Wildman–Crippen LogP) is 1.37. The van der Waals surface area contributed by atoms with E-state index in [-0.39, 0.29) is 5.91 Å². The van der Waals surface area contributed by atoms with Crippen LogP contribution in [0.5, 0.6) is 0 Å². The molecular formula is C10H22N2OS. The number of likely N-dealkylation sites (N-methyl/N-ethyl adjacent to an activating group) is 1. The van der Waals surface area contributed by atoms with Gasteiger partial charge in [0.25, 0.3) is 0 Å². The highest BCUT2D eigenvalue weighted by Gasteiger charge is 2.27. The van der Waals surface area contributed by atoms with Crippen molar-refractivity contribution in [2.45, 2.75) is 38.6 Å². The molecule has 0 radical (unpaired) electrons. The molecule has 0 spiro atoms. The Balaban J connectivity index is 3.68. The van der Waals surface area contributed by atoms with Gasteiger partial charge in [0.2, 0.25) is 5.91 Å². The summed E-state index contributed by atoms with van der Waals surface area (Å²) in [6.07, 6.45) is 3.06. The summed E-state index contributed by atoms with van der Waals surface area (Å²) >= 11 is 1.94. The zero-order chi connectivity index (χ0) is 11.0. The SMILES string of the molecule is CCCSCCCC(C)(NC)C(N)=O. The topological polar surface area (TPSA) is 55.1 Å². The third-order valence-electron chi connectivity index (χ3n) is 2.41. The highest BCUT2D eigenvalue weighted by Crippen LogP contribution is 2.14. The van der Waals surface area contributed by atoms with Gasteiger partial charge in [-0.3, -0.25) is 4.79 Å². The van der Waals surface area contributed by atoms with Crippen molar-refractivity contribution in [2.75, 3.05) is 18.6 Å². The molecule has 0 rings (SSSR count). The van der Waals surface area contributed by atoms with Gasteiger partial charge >= 0.3 is 0 Å². The van der Waals surface area contributed by atoms with Gasteiger partial charge in [-0.15, -0.1) is 0 Å². The van der Waals surface area contributed by atoms with Crippen LogP contribution < -0.4 is 11.1 Å². The molecule has 0 aromatic heterocycles. The molecule has 3 nitrogen and oxygen atoms in total. The Hall–Kier alpha value is -0.220. The molecule has 0 aliphatic carbocycles. The molecule has 0 fully saturated rings. The van der Waals surface area contributed by atoms with E-state index >= 15 is 0 Å². The Morgan fingerprint density at radius 2 is 2.14 bits per heavy atom. The van der Waals surface area contributed by atoms with Crippen molar-refractivity contribution >= 4 is 17.7 Å². The lowest BCUT2D eigenvalue weighted by Gasteiger charge is -2.25. The average Bonchev–Trinajstić information content (AvgIpc) is 2.17. The van der Waals surface area contributed by atoms with Crippen molar-refractivity contribution in [3.8, 4) is 0 Å². The van der Waals surface area contributed by atoms with E-state index in [2.05, 4.69) is 12.2 Å². The third-order valence-corrected chi connectivity index (χ3v) is 3.68. The van der Waals surface area contributed by atoms with E-state index in [0.717, 1.165) is 18.6 Å². The van der Waals surface area contributed by atoms with E-state index in [4.69, 9.17) is 5.73 Å². The van der Waals surface area contributed by atoms with E-state index < -0.39 is 5.54 Å². The molecular weight excluding hydrogens is 196 g/mol. The van der Waals surface area contributed by atoms with E-state index in [1.165, 1.54) is 12.2 Å². The minimum Gasteiger partial charge on any atom is -0.368 e. The Bertz CT molecular complexity index is 176. The average molecular weight is 218 g/mol. The van der Waals surface area contributed by atoms with E-state index in [1.807, 2.05) is 18.7 Å². The summed E-state index contributed by atoms with van der Waals surface area (Å²) in [4.78, 5) is 11.1. The van der Waals surface area contributed by atoms with E-state index in [0.29, 0.717) is 0 Å². The Kier molecular flexibility index (Phi) is 7.01. The van der Waals surface area contributed by atoms with Crippen molar-refractivity contribution in [1.29, 1.82) is 0 Å². The maximum absolute atomic E-state index is 11.1. The van der Waals surface area contributed by atoms with Gasteiger partial charge in [-0.05, 0) is 44.7 Å². The van der Waals surface area contributed by atoms with Gasteiger partial charge in [-0.2, -0.15) is 11.8 Å². The lowest BCUT2D eigenvalue weighted by Crippen LogP contribution is -2.51. The molecule has 1 atom stereocenters. The van der Waals surface area contributed by atoms with Crippen LogP contribution in [0.2, 0.25) is 0 Å². The minimum atomic E-state index is -0.535. The summed E-state index contributed by atoms with van der Waals surface area (Å²) in [6, 6.07) is 0. The first-order valence-electron chi connectivity index (χ1n) is 5.13. The number of carbonyl (C=O) groups is 1. The first-order valence-corrected chi connectivity index (χ1v) is 6.29. The lowest BCUT2D eigenvalue weighted by molar-refractivity contribution is -0.123. The number of rotatable bonds is 8. The van der Waals surface area contributed by atoms with Gasteiger partial charge in [0.05, 0.1) is 5.54 Å². The van der Waals surface area contributed by atoms with Crippen LogP contribution >= 0.6 is 11.8 Å². The molecule has 1 unspecified atom stereocenters. The molecule has 0 aromatic rings. The number of nitrogens with one attached hydrogen (secondary N) is 1. The molecule has 0 saturated carbocycles. The number of hydrogen-bond donors (Lipinski definition) is 2. The molecule has 0 saturated heterocycles. The van der Waals surface area contributed by atoms with Crippen LogP contribution in [-0.4, -0.2) is 30.0 Å². The van der Waals surface area contributed by atoms with Gasteiger partial charge in [0, 0.05) is 0 Å². The first kappa shape index (κ1) is 13.8. The van der Waals surface area contributed by atoms with Gasteiger partial charge in [0.15, 0.2) is 0 Å². The van der Waals surface area contributed by atoms with Crippen molar-refractivity contribution in [3.63, 3.8) is 0 Å². The van der Waals surface area contributed by atoms with Crippen LogP contribution in [-0.2, 0) is 4.79 Å². The van der Waals surface area contributed by atoms with Gasteiger partial charge < -0.3 is 11.1 Å². The molecule has 14 heavy (non-hydrogen) atoms. The summed E-state index contributed by atoms with van der Waals surface area (Å²) in [6.45, 7) is 4.04. The van der Waals surface area contributed by atoms with Gasteiger partial charge in [-0.1, -0.05) is 6.92 Å². The molecule has 84 valence electrons. The van der Waals surface area contributed by atoms with Crippen molar-refractivity contribution in [1.82, 2.24) is 5.32 Å². The zero-order valence-electron chi connectivity index (χ0n) is 9.43. The molecule has 4 heteroatoms. The molecule has 1 amide bonds. The maximum atomic E-state index is 11.1. The van der Waals surface area contributed by atoms with Crippen LogP contribution in [0, 0.1) is 0 Å². The number of hydrogen-bond acceptors (Lipinski definition) is 3. The number of amides is 1. The molecule has 0 bridgehead atoms. The Morgan fingerprint density at radius 1 is 1.50 bits per heavy atom. The summed E-state index contributed by atoms with van der Waals surface area (Å²) in [7, 11) is 1.78. The predicted molar refractivity (Wildman–Crippen MR) is 63.5 cm³/mol. The van der Waals surface area contributed by atoms with Gasteiger partial charge in [0.1, 0.15) is 0 Å². The van der Waals surface area contributed by atoms with Crippen LogP contribution in [0.1, 0.15) is 33.1 Å². The van der Waals surface area contributed by atoms with E-state index in [9.17, 15) is 4.79 Å². The standard InChI is InChI=1S/C10H22N2OS/c1-4-7-14-8-5-6-10(2,12-3)9(11)13/h12H,4-8H2,1-3H3,(H2,11,13). The van der Waals surface area contributed by atoms with Crippen LogP contribution in [0.25, 0.3) is 0 Å². The summed E-state index contributed by atoms with van der Waals surface area (Å²) in [5, 5.41) is 2.98.